The first-order valence-electron chi connectivity index (χ1n) is 7.32. The van der Waals surface area contributed by atoms with Gasteiger partial charge < -0.3 is 15.4 Å². The molecule has 2 amide bonds. The number of aryl methyl sites for hydroxylation is 1. The summed E-state index contributed by atoms with van der Waals surface area (Å²) in [6.45, 7) is 5.35. The minimum absolute atomic E-state index is 0.0578. The standard InChI is InChI=1S/C18H20N2O3/c1-12-5-4-6-17(13(12)2)23-11-18(22)20-16-9-7-15(8-10-16)19-14(3)21/h4-10H,11H2,1-3H3,(H,19,21)(H,20,22). The largest absolute Gasteiger partial charge is 0.483 e. The van der Waals surface area contributed by atoms with E-state index in [4.69, 9.17) is 4.74 Å². The number of anilines is 2. The van der Waals surface area contributed by atoms with Crippen molar-refractivity contribution in [3.63, 3.8) is 0 Å². The van der Waals surface area contributed by atoms with E-state index >= 15 is 0 Å². The van der Waals surface area contributed by atoms with Gasteiger partial charge in [0.25, 0.3) is 5.91 Å². The van der Waals surface area contributed by atoms with E-state index < -0.39 is 0 Å². The quantitative estimate of drug-likeness (QED) is 0.890. The van der Waals surface area contributed by atoms with Crippen molar-refractivity contribution in [3.8, 4) is 5.75 Å². The number of benzene rings is 2. The molecule has 0 radical (unpaired) electrons. The zero-order valence-electron chi connectivity index (χ0n) is 13.5. The van der Waals surface area contributed by atoms with Gasteiger partial charge in [0.05, 0.1) is 0 Å². The predicted octanol–water partition coefficient (Wildman–Crippen LogP) is 3.28. The smallest absolute Gasteiger partial charge is 0.262 e. The van der Waals surface area contributed by atoms with Gasteiger partial charge in [-0.1, -0.05) is 12.1 Å². The molecule has 2 rings (SSSR count). The summed E-state index contributed by atoms with van der Waals surface area (Å²) in [6, 6.07) is 12.6. The number of carbonyl (C=O) groups is 2. The molecule has 5 nitrogen and oxygen atoms in total. The van der Waals surface area contributed by atoms with Crippen molar-refractivity contribution in [3.05, 3.63) is 53.6 Å². The highest BCUT2D eigenvalue weighted by Crippen LogP contribution is 2.20. The van der Waals surface area contributed by atoms with E-state index in [-0.39, 0.29) is 18.4 Å². The van der Waals surface area contributed by atoms with Crippen LogP contribution in [0.3, 0.4) is 0 Å². The van der Waals surface area contributed by atoms with Crippen molar-refractivity contribution in [2.75, 3.05) is 17.2 Å². The van der Waals surface area contributed by atoms with E-state index in [1.165, 1.54) is 6.92 Å². The van der Waals surface area contributed by atoms with Crippen molar-refractivity contribution < 1.29 is 14.3 Å². The van der Waals surface area contributed by atoms with Crippen LogP contribution in [0.2, 0.25) is 0 Å². The van der Waals surface area contributed by atoms with Crippen molar-refractivity contribution in [2.45, 2.75) is 20.8 Å². The number of amides is 2. The van der Waals surface area contributed by atoms with Gasteiger partial charge in [-0.15, -0.1) is 0 Å². The summed E-state index contributed by atoms with van der Waals surface area (Å²) in [5, 5.41) is 5.42. The number of hydrogen-bond donors (Lipinski definition) is 2. The fourth-order valence-electron chi connectivity index (χ4n) is 2.06. The van der Waals surface area contributed by atoms with Crippen molar-refractivity contribution in [1.29, 1.82) is 0 Å². The first kappa shape index (κ1) is 16.5. The lowest BCUT2D eigenvalue weighted by molar-refractivity contribution is -0.118. The minimum atomic E-state index is -0.238. The summed E-state index contributed by atoms with van der Waals surface area (Å²) in [7, 11) is 0. The average Bonchev–Trinajstić information content (AvgIpc) is 2.50. The molecule has 0 saturated heterocycles. The maximum atomic E-state index is 11.9. The molecule has 0 aliphatic heterocycles. The molecule has 120 valence electrons. The summed E-state index contributed by atoms with van der Waals surface area (Å²) < 4.78 is 5.56. The number of hydrogen-bond acceptors (Lipinski definition) is 3. The molecule has 0 unspecified atom stereocenters. The summed E-state index contributed by atoms with van der Waals surface area (Å²) in [5.74, 6) is 0.336. The molecule has 0 fully saturated rings. The van der Waals surface area contributed by atoms with E-state index in [0.29, 0.717) is 17.1 Å². The zero-order chi connectivity index (χ0) is 16.8. The predicted molar refractivity (Wildman–Crippen MR) is 90.8 cm³/mol. The first-order chi connectivity index (χ1) is 11.0. The molecule has 2 aromatic carbocycles. The molecule has 23 heavy (non-hydrogen) atoms. The van der Waals surface area contributed by atoms with Crippen LogP contribution in [0.15, 0.2) is 42.5 Å². The van der Waals surface area contributed by atoms with Crippen LogP contribution in [0.5, 0.6) is 5.75 Å². The van der Waals surface area contributed by atoms with Gasteiger partial charge >= 0.3 is 0 Å². The maximum Gasteiger partial charge on any atom is 0.262 e. The summed E-state index contributed by atoms with van der Waals surface area (Å²) in [5.41, 5.74) is 3.48. The third-order valence-electron chi connectivity index (χ3n) is 3.40. The minimum Gasteiger partial charge on any atom is -0.483 e. The normalized spacial score (nSPS) is 10.0. The number of ether oxygens (including phenoxy) is 1. The van der Waals surface area contributed by atoms with Gasteiger partial charge in [-0.05, 0) is 55.3 Å². The van der Waals surface area contributed by atoms with E-state index in [1.54, 1.807) is 24.3 Å². The molecule has 0 bridgehead atoms. The summed E-state index contributed by atoms with van der Waals surface area (Å²) >= 11 is 0. The molecule has 0 aliphatic carbocycles. The third kappa shape index (κ3) is 4.85. The monoisotopic (exact) mass is 312 g/mol. The molecular weight excluding hydrogens is 292 g/mol. The molecule has 0 aliphatic rings. The van der Waals surface area contributed by atoms with Crippen LogP contribution in [0.4, 0.5) is 11.4 Å². The fourth-order valence-corrected chi connectivity index (χ4v) is 2.06. The molecule has 0 saturated carbocycles. The van der Waals surface area contributed by atoms with E-state index in [1.807, 2.05) is 32.0 Å². The Balaban J connectivity index is 1.89. The van der Waals surface area contributed by atoms with Gasteiger partial charge in [0.1, 0.15) is 5.75 Å². The number of nitrogens with one attached hydrogen (secondary N) is 2. The molecule has 0 spiro atoms. The second-order valence-electron chi connectivity index (χ2n) is 5.29. The van der Waals surface area contributed by atoms with Gasteiger partial charge in [0, 0.05) is 18.3 Å². The molecule has 2 aromatic rings. The van der Waals surface area contributed by atoms with E-state index in [9.17, 15) is 9.59 Å². The molecule has 2 N–H and O–H groups in total. The van der Waals surface area contributed by atoms with Crippen LogP contribution >= 0.6 is 0 Å². The van der Waals surface area contributed by atoms with Gasteiger partial charge in [0.15, 0.2) is 6.61 Å². The highest BCUT2D eigenvalue weighted by Gasteiger charge is 2.07. The SMILES string of the molecule is CC(=O)Nc1ccc(NC(=O)COc2cccc(C)c2C)cc1. The van der Waals surface area contributed by atoms with E-state index in [0.717, 1.165) is 11.1 Å². The second-order valence-corrected chi connectivity index (χ2v) is 5.29. The Morgan fingerprint density at radius 2 is 1.57 bits per heavy atom. The Labute approximate surface area is 135 Å². The lowest BCUT2D eigenvalue weighted by Crippen LogP contribution is -2.20. The zero-order valence-corrected chi connectivity index (χ0v) is 13.5. The Hall–Kier alpha value is -2.82. The summed E-state index contributed by atoms with van der Waals surface area (Å²) in [4.78, 5) is 22.9. The van der Waals surface area contributed by atoms with Crippen LogP contribution in [0.1, 0.15) is 18.1 Å². The van der Waals surface area contributed by atoms with Crippen molar-refractivity contribution in [1.82, 2.24) is 0 Å². The first-order valence-corrected chi connectivity index (χ1v) is 7.32. The van der Waals surface area contributed by atoms with Crippen LogP contribution in [0, 0.1) is 13.8 Å². The van der Waals surface area contributed by atoms with Crippen molar-refractivity contribution in [2.24, 2.45) is 0 Å². The van der Waals surface area contributed by atoms with Crippen LogP contribution in [-0.2, 0) is 9.59 Å². The Kier molecular flexibility index (Phi) is 5.36. The molecule has 0 atom stereocenters. The third-order valence-corrected chi connectivity index (χ3v) is 3.40. The molecule has 0 heterocycles. The highest BCUT2D eigenvalue weighted by molar-refractivity contribution is 5.93. The highest BCUT2D eigenvalue weighted by atomic mass is 16.5. The van der Waals surface area contributed by atoms with Crippen LogP contribution < -0.4 is 15.4 Å². The Morgan fingerprint density at radius 3 is 2.17 bits per heavy atom. The molecular formula is C18H20N2O3. The Bertz CT molecular complexity index is 709. The summed E-state index contributed by atoms with van der Waals surface area (Å²) in [6.07, 6.45) is 0. The van der Waals surface area contributed by atoms with Gasteiger partial charge in [0.2, 0.25) is 5.91 Å². The van der Waals surface area contributed by atoms with Gasteiger partial charge in [-0.2, -0.15) is 0 Å². The van der Waals surface area contributed by atoms with E-state index in [2.05, 4.69) is 10.6 Å². The lowest BCUT2D eigenvalue weighted by Gasteiger charge is -2.11. The molecule has 5 heteroatoms. The fraction of sp³-hybridized carbons (Fsp3) is 0.222. The Morgan fingerprint density at radius 1 is 0.957 bits per heavy atom. The van der Waals surface area contributed by atoms with Gasteiger partial charge in [-0.3, -0.25) is 9.59 Å². The topological polar surface area (TPSA) is 67.4 Å². The second kappa shape index (κ2) is 7.45. The number of rotatable bonds is 5. The number of carbonyl (C=O) groups excluding carboxylic acids is 2. The van der Waals surface area contributed by atoms with Gasteiger partial charge in [-0.25, -0.2) is 0 Å². The molecule has 0 aromatic heterocycles. The lowest BCUT2D eigenvalue weighted by atomic mass is 10.1. The average molecular weight is 312 g/mol. The van der Waals surface area contributed by atoms with Crippen LogP contribution in [-0.4, -0.2) is 18.4 Å². The maximum absolute atomic E-state index is 11.9. The van der Waals surface area contributed by atoms with Crippen molar-refractivity contribution >= 4 is 23.2 Å². The van der Waals surface area contributed by atoms with Crippen LogP contribution in [0.25, 0.3) is 0 Å².